The summed E-state index contributed by atoms with van der Waals surface area (Å²) < 4.78 is 52.5. The van der Waals surface area contributed by atoms with Crippen LogP contribution in [0.25, 0.3) is 11.0 Å². The number of halogens is 3. The van der Waals surface area contributed by atoms with Gasteiger partial charge in [0.05, 0.1) is 36.3 Å². The fraction of sp³-hybridized carbons (Fsp3) is 0.440. The lowest BCUT2D eigenvalue weighted by Crippen LogP contribution is -2.18. The second kappa shape index (κ2) is 11.3. The second-order valence-corrected chi connectivity index (χ2v) is 8.43. The lowest BCUT2D eigenvalue weighted by molar-refractivity contribution is 0.137. The zero-order chi connectivity index (χ0) is 24.8. The minimum atomic E-state index is -2.90. The maximum atomic E-state index is 14.7. The van der Waals surface area contributed by atoms with Crippen LogP contribution in [0.1, 0.15) is 61.8 Å². The number of nitrogens with one attached hydrogen (secondary N) is 1. The summed E-state index contributed by atoms with van der Waals surface area (Å²) in [5.74, 6) is -0.0594. The average Bonchev–Trinajstić information content (AvgIpc) is 3.35. The Morgan fingerprint density at radius 2 is 2.09 bits per heavy atom. The minimum absolute atomic E-state index is 0.0950. The van der Waals surface area contributed by atoms with Crippen molar-refractivity contribution in [2.75, 3.05) is 18.5 Å². The number of aromatic nitrogens is 3. The van der Waals surface area contributed by atoms with Gasteiger partial charge in [0.15, 0.2) is 5.65 Å². The van der Waals surface area contributed by atoms with Crippen LogP contribution in [0.2, 0.25) is 0 Å². The molecule has 0 radical (unpaired) electrons. The lowest BCUT2D eigenvalue weighted by atomic mass is 10.0. The summed E-state index contributed by atoms with van der Waals surface area (Å²) in [5, 5.41) is 12.6. The third-order valence-corrected chi connectivity index (χ3v) is 5.93. The smallest absolute Gasteiger partial charge is 0.266 e. The second-order valence-electron chi connectivity index (χ2n) is 8.43. The van der Waals surface area contributed by atoms with Crippen LogP contribution in [0.4, 0.5) is 19.0 Å². The maximum Gasteiger partial charge on any atom is 0.266 e. The van der Waals surface area contributed by atoms with E-state index in [4.69, 9.17) is 14.7 Å². The van der Waals surface area contributed by atoms with Gasteiger partial charge in [0, 0.05) is 24.0 Å². The highest BCUT2D eigenvalue weighted by Crippen LogP contribution is 2.32. The average molecular weight is 486 g/mol. The van der Waals surface area contributed by atoms with Gasteiger partial charge in [-0.15, -0.1) is 0 Å². The standard InChI is InChI=1S/C25H26F3N5O2/c1-15(18-7-5-8-19(21(18)26)22(27)28)32-23-20-12-16(6-3-2-4-10-29)25(33-24(20)31-14-30-23)35-17-9-11-34-13-17/h5,7-8,12,14-15,17,22H,2-4,6,9,11,13H2,1H3,(H,30,31,32,33)/t15-,17-/m1/s1. The van der Waals surface area contributed by atoms with Crippen molar-refractivity contribution >= 4 is 16.9 Å². The van der Waals surface area contributed by atoms with E-state index in [1.165, 1.54) is 18.5 Å². The van der Waals surface area contributed by atoms with Crippen molar-refractivity contribution in [2.24, 2.45) is 0 Å². The molecule has 2 atom stereocenters. The number of rotatable bonds is 10. The number of anilines is 1. The summed E-state index contributed by atoms with van der Waals surface area (Å²) in [6.45, 7) is 2.80. The molecule has 1 aromatic carbocycles. The van der Waals surface area contributed by atoms with Crippen molar-refractivity contribution in [2.45, 2.75) is 57.6 Å². The number of benzene rings is 1. The van der Waals surface area contributed by atoms with E-state index < -0.39 is 23.8 Å². The Bertz CT molecular complexity index is 1210. The summed E-state index contributed by atoms with van der Waals surface area (Å²) in [6, 6.07) is 7.35. The van der Waals surface area contributed by atoms with Crippen molar-refractivity contribution in [3.63, 3.8) is 0 Å². The van der Waals surface area contributed by atoms with Crippen LogP contribution in [-0.2, 0) is 11.2 Å². The molecule has 1 fully saturated rings. The minimum Gasteiger partial charge on any atom is -0.472 e. The zero-order valence-corrected chi connectivity index (χ0v) is 19.3. The monoisotopic (exact) mass is 485 g/mol. The Balaban J connectivity index is 1.65. The van der Waals surface area contributed by atoms with Crippen molar-refractivity contribution < 1.29 is 22.6 Å². The van der Waals surface area contributed by atoms with Crippen molar-refractivity contribution in [1.82, 2.24) is 15.0 Å². The van der Waals surface area contributed by atoms with Gasteiger partial charge >= 0.3 is 0 Å². The van der Waals surface area contributed by atoms with Crippen LogP contribution in [0.3, 0.4) is 0 Å². The molecule has 0 bridgehead atoms. The van der Waals surface area contributed by atoms with Crippen molar-refractivity contribution in [1.29, 1.82) is 5.26 Å². The number of hydrogen-bond donors (Lipinski definition) is 1. The van der Waals surface area contributed by atoms with Gasteiger partial charge in [-0.3, -0.25) is 0 Å². The van der Waals surface area contributed by atoms with Gasteiger partial charge in [0.25, 0.3) is 6.43 Å². The van der Waals surface area contributed by atoms with E-state index in [9.17, 15) is 13.2 Å². The van der Waals surface area contributed by atoms with Crippen molar-refractivity contribution in [3.05, 3.63) is 53.1 Å². The molecule has 0 amide bonds. The molecule has 1 N–H and O–H groups in total. The largest absolute Gasteiger partial charge is 0.472 e. The molecular weight excluding hydrogens is 459 g/mol. The molecule has 0 aliphatic carbocycles. The summed E-state index contributed by atoms with van der Waals surface area (Å²) in [7, 11) is 0. The normalized spacial score (nSPS) is 16.4. The van der Waals surface area contributed by atoms with E-state index in [0.717, 1.165) is 30.9 Å². The number of pyridine rings is 1. The zero-order valence-electron chi connectivity index (χ0n) is 19.3. The Morgan fingerprint density at radius 3 is 2.83 bits per heavy atom. The van der Waals surface area contributed by atoms with Gasteiger partial charge in [-0.25, -0.2) is 23.1 Å². The Kier molecular flexibility index (Phi) is 7.98. The van der Waals surface area contributed by atoms with Crippen LogP contribution in [0, 0.1) is 17.1 Å². The topological polar surface area (TPSA) is 93.0 Å². The van der Waals surface area contributed by atoms with Gasteiger partial charge in [-0.2, -0.15) is 10.2 Å². The number of aryl methyl sites for hydroxylation is 1. The van der Waals surface area contributed by atoms with Gasteiger partial charge < -0.3 is 14.8 Å². The summed E-state index contributed by atoms with van der Waals surface area (Å²) >= 11 is 0. The SMILES string of the molecule is C[C@@H](Nc1ncnc2nc(O[C@@H]3CCOC3)c(CCCCC#N)cc12)c1cccc(C(F)F)c1F. The maximum absolute atomic E-state index is 14.7. The number of alkyl halides is 2. The molecule has 0 saturated carbocycles. The van der Waals surface area contributed by atoms with Crippen LogP contribution >= 0.6 is 0 Å². The molecule has 1 aliphatic heterocycles. The van der Waals surface area contributed by atoms with Gasteiger partial charge in [-0.05, 0) is 32.3 Å². The first-order valence-corrected chi connectivity index (χ1v) is 11.6. The highest BCUT2D eigenvalue weighted by atomic mass is 19.3. The highest BCUT2D eigenvalue weighted by Gasteiger charge is 2.23. The number of hydrogen-bond acceptors (Lipinski definition) is 7. The lowest BCUT2D eigenvalue weighted by Gasteiger charge is -2.19. The predicted octanol–water partition coefficient (Wildman–Crippen LogP) is 5.68. The van der Waals surface area contributed by atoms with Gasteiger partial charge in [-0.1, -0.05) is 18.2 Å². The van der Waals surface area contributed by atoms with E-state index in [1.807, 2.05) is 6.07 Å². The predicted molar refractivity (Wildman–Crippen MR) is 124 cm³/mol. The first kappa shape index (κ1) is 24.7. The number of fused-ring (bicyclic) bond motifs is 1. The summed E-state index contributed by atoms with van der Waals surface area (Å²) in [5.41, 5.74) is 0.716. The van der Waals surface area contributed by atoms with E-state index >= 15 is 0 Å². The molecule has 1 aliphatic rings. The first-order chi connectivity index (χ1) is 17.0. The van der Waals surface area contributed by atoms with Crippen molar-refractivity contribution in [3.8, 4) is 11.9 Å². The molecule has 0 spiro atoms. The molecule has 2 aromatic heterocycles. The first-order valence-electron chi connectivity index (χ1n) is 11.6. The number of nitrogens with zero attached hydrogens (tertiary/aromatic N) is 4. The van der Waals surface area contributed by atoms with E-state index in [1.54, 1.807) is 6.92 Å². The molecular formula is C25H26F3N5O2. The molecule has 1 saturated heterocycles. The molecule has 3 aromatic rings. The quantitative estimate of drug-likeness (QED) is 0.369. The van der Waals surface area contributed by atoms with Gasteiger partial charge in [0.2, 0.25) is 5.88 Å². The molecule has 184 valence electrons. The Hall–Kier alpha value is -3.45. The van der Waals surface area contributed by atoms with Crippen LogP contribution in [0.5, 0.6) is 5.88 Å². The van der Waals surface area contributed by atoms with Crippen LogP contribution in [0.15, 0.2) is 30.6 Å². The number of nitriles is 1. The molecule has 10 heteroatoms. The summed E-state index contributed by atoms with van der Waals surface area (Å²) in [4.78, 5) is 13.2. The fourth-order valence-corrected chi connectivity index (χ4v) is 4.05. The molecule has 4 rings (SSSR count). The van der Waals surface area contributed by atoms with E-state index in [2.05, 4.69) is 26.3 Å². The molecule has 7 nitrogen and oxygen atoms in total. The molecule has 35 heavy (non-hydrogen) atoms. The number of unbranched alkanes of at least 4 members (excludes halogenated alkanes) is 2. The molecule has 3 heterocycles. The third kappa shape index (κ3) is 5.80. The fourth-order valence-electron chi connectivity index (χ4n) is 4.05. The van der Waals surface area contributed by atoms with Crippen LogP contribution in [-0.4, -0.2) is 34.3 Å². The van der Waals surface area contributed by atoms with Gasteiger partial charge in [0.1, 0.15) is 24.1 Å². The van der Waals surface area contributed by atoms with E-state index in [-0.39, 0.29) is 11.7 Å². The summed E-state index contributed by atoms with van der Waals surface area (Å²) in [6.07, 6.45) is 1.73. The Labute approximate surface area is 201 Å². The molecule has 0 unspecified atom stereocenters. The van der Waals surface area contributed by atoms with Crippen LogP contribution < -0.4 is 10.1 Å². The number of ether oxygens (including phenoxy) is 2. The third-order valence-electron chi connectivity index (χ3n) is 5.93. The highest BCUT2D eigenvalue weighted by molar-refractivity contribution is 5.87. The Morgan fingerprint density at radius 1 is 1.26 bits per heavy atom. The van der Waals surface area contributed by atoms with E-state index in [0.29, 0.717) is 48.8 Å².